The molecule has 228 valence electrons. The lowest BCUT2D eigenvalue weighted by molar-refractivity contribution is -0.133. The monoisotopic (exact) mass is 578 g/mol. The van der Waals surface area contributed by atoms with Crippen molar-refractivity contribution >= 4 is 29.5 Å². The van der Waals surface area contributed by atoms with Gasteiger partial charge in [-0.2, -0.15) is 0 Å². The minimum absolute atomic E-state index is 0.0666. The quantitative estimate of drug-likeness (QED) is 0.189. The summed E-state index contributed by atoms with van der Waals surface area (Å²) >= 11 is 0. The molecule has 0 saturated heterocycles. The first kappa shape index (κ1) is 34.5. The van der Waals surface area contributed by atoms with Gasteiger partial charge >= 0.3 is 0 Å². The van der Waals surface area contributed by atoms with Gasteiger partial charge in [-0.1, -0.05) is 50.5 Å². The van der Waals surface area contributed by atoms with E-state index in [1.807, 2.05) is 31.2 Å². The molecular formula is C32H46N6O4. The summed E-state index contributed by atoms with van der Waals surface area (Å²) in [7, 11) is 0. The number of nitrogens with one attached hydrogen (secondary N) is 4. The van der Waals surface area contributed by atoms with Crippen molar-refractivity contribution in [3.63, 3.8) is 0 Å². The summed E-state index contributed by atoms with van der Waals surface area (Å²) in [6, 6.07) is 2.85. The van der Waals surface area contributed by atoms with Crippen molar-refractivity contribution in [3.05, 3.63) is 42.2 Å². The number of nitrogens with zero attached hydrogens (tertiary/aromatic N) is 2. The summed E-state index contributed by atoms with van der Waals surface area (Å²) in [5.74, 6) is 5.19. The lowest BCUT2D eigenvalue weighted by atomic mass is 9.82. The standard InChI is InChI=1S/C20H27N3O2.C12H19N3O2/c1-3-9-18(23-14-7-5-4-6-8-15-23)19(24)20(25)22-16(2)17-10-12-21-13-11-17;1-8(16)11(9-5-3-2-4-6-9)15-12(17)10(14)7-13/h5,7,10-13,16,18-19,24H,3,8-9,14-15H2,1-2H3,(H,22,25);7,9,11,13-14H,2-6H2,1H3,(H,15,17). The van der Waals surface area contributed by atoms with E-state index >= 15 is 0 Å². The van der Waals surface area contributed by atoms with E-state index < -0.39 is 23.8 Å². The molecule has 10 heteroatoms. The molecule has 4 atom stereocenters. The Morgan fingerprint density at radius 3 is 2.50 bits per heavy atom. The normalized spacial score (nSPS) is 18.2. The molecule has 1 aliphatic carbocycles. The highest BCUT2D eigenvalue weighted by atomic mass is 16.3. The number of Topliss-reactive ketones (excluding diaryl/α,β-unsaturated/α-hetero) is 1. The van der Waals surface area contributed by atoms with Gasteiger partial charge in [-0.15, -0.1) is 0 Å². The second-order valence-electron chi connectivity index (χ2n) is 10.8. The molecule has 0 spiro atoms. The maximum Gasteiger partial charge on any atom is 0.271 e. The Balaban J connectivity index is 0.000000317. The minimum Gasteiger partial charge on any atom is -0.382 e. The lowest BCUT2D eigenvalue weighted by Gasteiger charge is -2.34. The number of hydrogen-bond acceptors (Lipinski definition) is 8. The number of aliphatic hydroxyl groups is 1. The number of rotatable bonds is 12. The molecule has 1 aliphatic heterocycles. The Morgan fingerprint density at radius 2 is 1.88 bits per heavy atom. The van der Waals surface area contributed by atoms with Crippen molar-refractivity contribution < 1.29 is 19.5 Å². The molecular weight excluding hydrogens is 532 g/mol. The number of allylic oxidation sites excluding steroid dienone is 1. The van der Waals surface area contributed by atoms with Crippen LogP contribution in [0.5, 0.6) is 0 Å². The molecule has 1 saturated carbocycles. The molecule has 10 nitrogen and oxygen atoms in total. The van der Waals surface area contributed by atoms with E-state index in [0.29, 0.717) is 12.8 Å². The molecule has 2 heterocycles. The number of hydrogen-bond donors (Lipinski definition) is 5. The van der Waals surface area contributed by atoms with E-state index in [-0.39, 0.29) is 29.7 Å². The van der Waals surface area contributed by atoms with Gasteiger partial charge in [0.15, 0.2) is 5.78 Å². The maximum atomic E-state index is 12.6. The highest BCUT2D eigenvalue weighted by Crippen LogP contribution is 2.27. The largest absolute Gasteiger partial charge is 0.382 e. The SMILES string of the molecule is CC(=O)C(NC(=O)C(=N)C=N)C1CCCCC1.CCCC(C(O)C(=O)NC(C)c1ccncc1)N1CC=CC#CCC1. The molecule has 0 radical (unpaired) electrons. The molecule has 1 fully saturated rings. The molecule has 42 heavy (non-hydrogen) atoms. The summed E-state index contributed by atoms with van der Waals surface area (Å²) in [5.41, 5.74) is 0.555. The second-order valence-corrected chi connectivity index (χ2v) is 10.8. The smallest absolute Gasteiger partial charge is 0.271 e. The van der Waals surface area contributed by atoms with E-state index in [0.717, 1.165) is 57.1 Å². The van der Waals surface area contributed by atoms with Crippen LogP contribution in [0.1, 0.15) is 83.7 Å². The average molecular weight is 579 g/mol. The third-order valence-electron chi connectivity index (χ3n) is 7.65. The highest BCUT2D eigenvalue weighted by Gasteiger charge is 2.31. The lowest BCUT2D eigenvalue weighted by Crippen LogP contribution is -2.51. The summed E-state index contributed by atoms with van der Waals surface area (Å²) in [6.07, 6.45) is 14.5. The van der Waals surface area contributed by atoms with Crippen molar-refractivity contribution in [1.29, 1.82) is 10.8 Å². The van der Waals surface area contributed by atoms with Crippen molar-refractivity contribution in [3.8, 4) is 11.8 Å². The zero-order valence-corrected chi connectivity index (χ0v) is 25.1. The number of aliphatic hydroxyl groups excluding tert-OH is 1. The van der Waals surface area contributed by atoms with Crippen LogP contribution in [-0.4, -0.2) is 75.8 Å². The summed E-state index contributed by atoms with van der Waals surface area (Å²) in [4.78, 5) is 41.8. The van der Waals surface area contributed by atoms with Gasteiger partial charge in [-0.25, -0.2) is 0 Å². The van der Waals surface area contributed by atoms with Crippen LogP contribution < -0.4 is 10.6 Å². The first-order chi connectivity index (χ1) is 20.2. The van der Waals surface area contributed by atoms with Gasteiger partial charge in [0.05, 0.1) is 12.1 Å². The fourth-order valence-corrected chi connectivity index (χ4v) is 5.32. The zero-order valence-electron chi connectivity index (χ0n) is 25.1. The Morgan fingerprint density at radius 1 is 1.19 bits per heavy atom. The predicted molar refractivity (Wildman–Crippen MR) is 164 cm³/mol. The molecule has 1 aromatic rings. The Bertz CT molecular complexity index is 1140. The van der Waals surface area contributed by atoms with E-state index in [2.05, 4.69) is 39.3 Å². The van der Waals surface area contributed by atoms with Gasteiger partial charge < -0.3 is 21.1 Å². The maximum absolute atomic E-state index is 12.6. The van der Waals surface area contributed by atoms with E-state index in [1.165, 1.54) is 13.3 Å². The third-order valence-corrected chi connectivity index (χ3v) is 7.65. The topological polar surface area (TPSA) is 159 Å². The Hall–Kier alpha value is -3.68. The van der Waals surface area contributed by atoms with Crippen LogP contribution in [0.4, 0.5) is 0 Å². The van der Waals surface area contributed by atoms with Crippen LogP contribution in [0.25, 0.3) is 0 Å². The van der Waals surface area contributed by atoms with Crippen LogP contribution >= 0.6 is 0 Å². The van der Waals surface area contributed by atoms with Crippen LogP contribution in [0, 0.1) is 28.6 Å². The molecule has 2 amide bonds. The van der Waals surface area contributed by atoms with Crippen molar-refractivity contribution in [2.45, 2.75) is 96.4 Å². The van der Waals surface area contributed by atoms with Gasteiger partial charge in [0.1, 0.15) is 11.8 Å². The number of ketones is 1. The van der Waals surface area contributed by atoms with Crippen LogP contribution in [0.15, 0.2) is 36.7 Å². The molecule has 5 N–H and O–H groups in total. The van der Waals surface area contributed by atoms with Gasteiger partial charge in [0.25, 0.3) is 11.8 Å². The molecule has 1 aromatic heterocycles. The van der Waals surface area contributed by atoms with Gasteiger partial charge in [-0.05, 0) is 62.8 Å². The van der Waals surface area contributed by atoms with E-state index in [9.17, 15) is 19.5 Å². The first-order valence-electron chi connectivity index (χ1n) is 14.9. The van der Waals surface area contributed by atoms with Gasteiger partial charge in [0.2, 0.25) is 0 Å². The number of aromatic nitrogens is 1. The van der Waals surface area contributed by atoms with E-state index in [4.69, 9.17) is 10.8 Å². The molecule has 0 aromatic carbocycles. The molecule has 2 aliphatic rings. The van der Waals surface area contributed by atoms with Crippen LogP contribution in [0.3, 0.4) is 0 Å². The van der Waals surface area contributed by atoms with Crippen LogP contribution in [0.2, 0.25) is 0 Å². The summed E-state index contributed by atoms with van der Waals surface area (Å²) < 4.78 is 0. The van der Waals surface area contributed by atoms with Crippen molar-refractivity contribution in [2.24, 2.45) is 5.92 Å². The average Bonchev–Trinajstić information content (AvgIpc) is 2.99. The molecule has 4 unspecified atom stereocenters. The third kappa shape index (κ3) is 11.3. The predicted octanol–water partition coefficient (Wildman–Crippen LogP) is 3.36. The van der Waals surface area contributed by atoms with Crippen molar-refractivity contribution in [2.75, 3.05) is 13.1 Å². The summed E-state index contributed by atoms with van der Waals surface area (Å²) in [6.45, 7) is 6.89. The number of amides is 2. The number of carbonyl (C=O) groups is 3. The second kappa shape index (κ2) is 18.7. The van der Waals surface area contributed by atoms with E-state index in [1.54, 1.807) is 12.4 Å². The first-order valence-corrected chi connectivity index (χ1v) is 14.9. The van der Waals surface area contributed by atoms with Gasteiger partial charge in [0, 0.05) is 44.2 Å². The van der Waals surface area contributed by atoms with Crippen molar-refractivity contribution in [1.82, 2.24) is 20.5 Å². The molecule has 3 rings (SSSR count). The number of pyridine rings is 1. The van der Waals surface area contributed by atoms with Gasteiger partial charge in [-0.3, -0.25) is 29.7 Å². The fourth-order valence-electron chi connectivity index (χ4n) is 5.32. The Kier molecular flexibility index (Phi) is 15.4. The Labute approximate surface area is 249 Å². The summed E-state index contributed by atoms with van der Waals surface area (Å²) in [5, 5.41) is 30.2. The highest BCUT2D eigenvalue weighted by molar-refractivity contribution is 6.59. The minimum atomic E-state index is -1.06. The fraction of sp³-hybridized carbons (Fsp3) is 0.562. The van der Waals surface area contributed by atoms with Crippen LogP contribution in [-0.2, 0) is 14.4 Å². The zero-order chi connectivity index (χ0) is 30.9. The number of carbonyl (C=O) groups excluding carboxylic acids is 3. The molecule has 0 bridgehead atoms.